The van der Waals surface area contributed by atoms with Crippen LogP contribution >= 0.6 is 11.8 Å². The molecule has 0 spiro atoms. The third-order valence-electron chi connectivity index (χ3n) is 4.66. The van der Waals surface area contributed by atoms with E-state index in [0.29, 0.717) is 28.2 Å². The molecule has 0 bridgehead atoms. The van der Waals surface area contributed by atoms with E-state index in [2.05, 4.69) is 25.3 Å². The van der Waals surface area contributed by atoms with Gasteiger partial charge >= 0.3 is 0 Å². The van der Waals surface area contributed by atoms with Crippen molar-refractivity contribution in [3.05, 3.63) is 41.7 Å². The van der Waals surface area contributed by atoms with E-state index in [1.54, 1.807) is 12.1 Å². The summed E-state index contributed by atoms with van der Waals surface area (Å²) >= 11 is 1.46. The van der Waals surface area contributed by atoms with Gasteiger partial charge < -0.3 is 4.52 Å². The number of rotatable bonds is 7. The number of H-pyrrole nitrogens is 1. The van der Waals surface area contributed by atoms with Gasteiger partial charge in [0, 0.05) is 12.0 Å². The minimum Gasteiger partial charge on any atom is -0.334 e. The van der Waals surface area contributed by atoms with Gasteiger partial charge in [-0.05, 0) is 36.6 Å². The minimum absolute atomic E-state index is 0.294. The van der Waals surface area contributed by atoms with Gasteiger partial charge in [0.1, 0.15) is 11.6 Å². The molecular formula is C18H20FN5OS. The Morgan fingerprint density at radius 1 is 1.15 bits per heavy atom. The number of thioether (sulfide) groups is 1. The van der Waals surface area contributed by atoms with E-state index in [9.17, 15) is 4.39 Å². The Morgan fingerprint density at radius 2 is 1.96 bits per heavy atom. The Bertz CT molecular complexity index is 841. The number of aromatic amines is 1. The minimum atomic E-state index is -0.294. The highest BCUT2D eigenvalue weighted by molar-refractivity contribution is 7.98. The lowest BCUT2D eigenvalue weighted by atomic mass is 10.0. The quantitative estimate of drug-likeness (QED) is 0.618. The number of benzene rings is 1. The van der Waals surface area contributed by atoms with E-state index < -0.39 is 0 Å². The van der Waals surface area contributed by atoms with Crippen LogP contribution in [0.2, 0.25) is 0 Å². The Balaban J connectivity index is 1.29. The number of aromatic nitrogens is 5. The second-order valence-corrected chi connectivity index (χ2v) is 7.51. The molecule has 6 nitrogen and oxygen atoms in total. The molecule has 26 heavy (non-hydrogen) atoms. The third kappa shape index (κ3) is 4.30. The average Bonchev–Trinajstić information content (AvgIpc) is 3.40. The molecule has 3 aromatic rings. The number of hydrogen-bond donors (Lipinski definition) is 1. The van der Waals surface area contributed by atoms with Crippen molar-refractivity contribution in [2.75, 3.05) is 0 Å². The van der Waals surface area contributed by atoms with Crippen molar-refractivity contribution in [3.8, 4) is 11.5 Å². The van der Waals surface area contributed by atoms with Gasteiger partial charge in [0.05, 0.1) is 5.75 Å². The Hall–Kier alpha value is -2.22. The molecule has 0 aliphatic heterocycles. The van der Waals surface area contributed by atoms with Gasteiger partial charge in [0.15, 0.2) is 5.82 Å². The number of nitrogens with one attached hydrogen (secondary N) is 1. The maximum Gasteiger partial charge on any atom is 0.257 e. The zero-order valence-electron chi connectivity index (χ0n) is 14.3. The van der Waals surface area contributed by atoms with Crippen molar-refractivity contribution in [1.29, 1.82) is 0 Å². The van der Waals surface area contributed by atoms with Crippen LogP contribution in [0.25, 0.3) is 11.5 Å². The summed E-state index contributed by atoms with van der Waals surface area (Å²) in [6.45, 7) is 0. The summed E-state index contributed by atoms with van der Waals surface area (Å²) in [7, 11) is 0. The van der Waals surface area contributed by atoms with Crippen molar-refractivity contribution in [2.24, 2.45) is 5.92 Å². The molecule has 1 fully saturated rings. The Labute approximate surface area is 155 Å². The van der Waals surface area contributed by atoms with Crippen molar-refractivity contribution in [3.63, 3.8) is 0 Å². The molecule has 8 heteroatoms. The highest BCUT2D eigenvalue weighted by atomic mass is 32.2. The second kappa shape index (κ2) is 7.99. The first-order valence-corrected chi connectivity index (χ1v) is 9.87. The summed E-state index contributed by atoms with van der Waals surface area (Å²) in [5, 5.41) is 11.9. The molecule has 2 heterocycles. The lowest BCUT2D eigenvalue weighted by Crippen LogP contribution is -1.97. The lowest BCUT2D eigenvalue weighted by molar-refractivity contribution is 0.425. The Morgan fingerprint density at radius 3 is 2.77 bits per heavy atom. The molecule has 1 aliphatic carbocycles. The van der Waals surface area contributed by atoms with E-state index in [4.69, 9.17) is 4.52 Å². The van der Waals surface area contributed by atoms with Gasteiger partial charge in [0.2, 0.25) is 5.16 Å². The summed E-state index contributed by atoms with van der Waals surface area (Å²) in [5.74, 6) is 2.96. The van der Waals surface area contributed by atoms with Crippen LogP contribution in [0.3, 0.4) is 0 Å². The number of aryl methyl sites for hydroxylation is 1. The van der Waals surface area contributed by atoms with Crippen molar-refractivity contribution in [1.82, 2.24) is 25.3 Å². The van der Waals surface area contributed by atoms with Gasteiger partial charge in [-0.2, -0.15) is 4.98 Å². The summed E-state index contributed by atoms with van der Waals surface area (Å²) in [6, 6.07) is 5.97. The molecule has 1 N–H and O–H groups in total. The summed E-state index contributed by atoms with van der Waals surface area (Å²) in [4.78, 5) is 8.86. The van der Waals surface area contributed by atoms with Crippen molar-refractivity contribution >= 4 is 11.8 Å². The zero-order chi connectivity index (χ0) is 17.8. The largest absolute Gasteiger partial charge is 0.334 e. The maximum atomic E-state index is 13.0. The highest BCUT2D eigenvalue weighted by Gasteiger charge is 2.16. The normalized spacial score (nSPS) is 15.0. The maximum absolute atomic E-state index is 13.0. The fraction of sp³-hybridized carbons (Fsp3) is 0.444. The van der Waals surface area contributed by atoms with E-state index in [1.165, 1.54) is 56.0 Å². The van der Waals surface area contributed by atoms with Gasteiger partial charge in [-0.3, -0.25) is 5.10 Å². The molecule has 4 rings (SSSR count). The van der Waals surface area contributed by atoms with Crippen LogP contribution in [0.5, 0.6) is 0 Å². The van der Waals surface area contributed by atoms with Crippen molar-refractivity contribution < 1.29 is 8.91 Å². The van der Waals surface area contributed by atoms with Gasteiger partial charge in [0.25, 0.3) is 5.89 Å². The predicted molar refractivity (Wildman–Crippen MR) is 95.9 cm³/mol. The van der Waals surface area contributed by atoms with Crippen LogP contribution in [-0.4, -0.2) is 25.3 Å². The van der Waals surface area contributed by atoms with Crippen LogP contribution in [0.4, 0.5) is 4.39 Å². The number of halogens is 1. The van der Waals surface area contributed by atoms with Crippen LogP contribution in [0, 0.1) is 11.7 Å². The standard InChI is InChI=1S/C18H20FN5OS/c19-14-8-6-13(7-9-14)17-20-16(24-25-17)11-26-18-21-15(22-23-18)10-5-12-3-1-2-4-12/h6-9,12H,1-5,10-11H2,(H,21,22,23). The van der Waals surface area contributed by atoms with Crippen LogP contribution < -0.4 is 0 Å². The van der Waals surface area contributed by atoms with Crippen LogP contribution in [-0.2, 0) is 12.2 Å². The zero-order valence-corrected chi connectivity index (χ0v) is 15.1. The molecule has 2 aromatic heterocycles. The van der Waals surface area contributed by atoms with Gasteiger partial charge in [-0.1, -0.05) is 42.6 Å². The van der Waals surface area contributed by atoms with Crippen molar-refractivity contribution in [2.45, 2.75) is 49.4 Å². The first-order chi connectivity index (χ1) is 12.8. The summed E-state index contributed by atoms with van der Waals surface area (Å²) in [6.07, 6.45) is 7.58. The fourth-order valence-electron chi connectivity index (χ4n) is 3.25. The molecule has 1 aliphatic rings. The monoisotopic (exact) mass is 373 g/mol. The van der Waals surface area contributed by atoms with E-state index in [-0.39, 0.29) is 5.82 Å². The smallest absolute Gasteiger partial charge is 0.257 e. The lowest BCUT2D eigenvalue weighted by Gasteiger charge is -2.05. The molecule has 0 amide bonds. The van der Waals surface area contributed by atoms with Crippen LogP contribution in [0.1, 0.15) is 43.8 Å². The van der Waals surface area contributed by atoms with E-state index >= 15 is 0 Å². The van der Waals surface area contributed by atoms with E-state index in [0.717, 1.165) is 18.2 Å². The number of nitrogens with zero attached hydrogens (tertiary/aromatic N) is 4. The fourth-order valence-corrected chi connectivity index (χ4v) is 3.91. The average molecular weight is 373 g/mol. The summed E-state index contributed by atoms with van der Waals surface area (Å²) in [5.41, 5.74) is 0.697. The molecule has 1 saturated carbocycles. The first kappa shape index (κ1) is 17.2. The predicted octanol–water partition coefficient (Wildman–Crippen LogP) is 4.41. The molecule has 0 radical (unpaired) electrons. The SMILES string of the molecule is Fc1ccc(-c2nc(CSc3n[nH]c(CCC4CCCC4)n3)no2)cc1. The third-order valence-corrected chi connectivity index (χ3v) is 5.51. The summed E-state index contributed by atoms with van der Waals surface area (Å²) < 4.78 is 18.2. The molecular weight excluding hydrogens is 353 g/mol. The topological polar surface area (TPSA) is 80.5 Å². The first-order valence-electron chi connectivity index (χ1n) is 8.89. The molecule has 1 aromatic carbocycles. The molecule has 136 valence electrons. The van der Waals surface area contributed by atoms with Crippen LogP contribution in [0.15, 0.2) is 33.9 Å². The highest BCUT2D eigenvalue weighted by Crippen LogP contribution is 2.28. The second-order valence-electron chi connectivity index (χ2n) is 6.57. The van der Waals surface area contributed by atoms with E-state index in [1.807, 2.05) is 0 Å². The molecule has 0 saturated heterocycles. The Kier molecular flexibility index (Phi) is 5.29. The molecule has 0 atom stereocenters. The number of hydrogen-bond acceptors (Lipinski definition) is 6. The van der Waals surface area contributed by atoms with Gasteiger partial charge in [-0.15, -0.1) is 5.10 Å². The molecule has 0 unspecified atom stereocenters. The van der Waals surface area contributed by atoms with Gasteiger partial charge in [-0.25, -0.2) is 9.37 Å².